The van der Waals surface area contributed by atoms with E-state index in [0.29, 0.717) is 22.2 Å². The van der Waals surface area contributed by atoms with Crippen molar-refractivity contribution in [3.8, 4) is 11.5 Å². The van der Waals surface area contributed by atoms with Crippen molar-refractivity contribution in [3.63, 3.8) is 0 Å². The van der Waals surface area contributed by atoms with Gasteiger partial charge in [0.2, 0.25) is 5.91 Å². The second-order valence-corrected chi connectivity index (χ2v) is 5.81. The molecule has 0 bridgehead atoms. The van der Waals surface area contributed by atoms with Crippen molar-refractivity contribution in [1.29, 1.82) is 0 Å². The van der Waals surface area contributed by atoms with E-state index in [9.17, 15) is 14.7 Å². The molecule has 0 aromatic heterocycles. The molecule has 7 nitrogen and oxygen atoms in total. The van der Waals surface area contributed by atoms with E-state index in [1.807, 2.05) is 0 Å². The largest absolute Gasteiger partial charge is 0.507 e. The summed E-state index contributed by atoms with van der Waals surface area (Å²) in [4.78, 5) is 24.1. The van der Waals surface area contributed by atoms with Crippen molar-refractivity contribution in [1.82, 2.24) is 5.43 Å². The molecule has 8 heteroatoms. The summed E-state index contributed by atoms with van der Waals surface area (Å²) in [5, 5.41) is 16.6. The molecule has 0 aliphatic heterocycles. The summed E-state index contributed by atoms with van der Waals surface area (Å²) >= 11 is 5.80. The van der Waals surface area contributed by atoms with E-state index in [1.54, 1.807) is 31.2 Å². The Balaban J connectivity index is 1.96. The highest BCUT2D eigenvalue weighted by Gasteiger charge is 2.12. The number of phenolic OH excluding ortho intramolecular Hbond substituents is 1. The van der Waals surface area contributed by atoms with Crippen LogP contribution in [0.4, 0.5) is 5.69 Å². The van der Waals surface area contributed by atoms with E-state index >= 15 is 0 Å². The highest BCUT2D eigenvalue weighted by molar-refractivity contribution is 6.31. The third-order valence-corrected chi connectivity index (χ3v) is 3.58. The maximum atomic E-state index is 12.1. The number of ether oxygens (including phenoxy) is 1. The minimum absolute atomic E-state index is 0.00692. The molecule has 0 radical (unpaired) electrons. The van der Waals surface area contributed by atoms with Gasteiger partial charge in [0.1, 0.15) is 11.5 Å². The number of para-hydroxylation sites is 2. The monoisotopic (exact) mass is 375 g/mol. The number of nitrogens with one attached hydrogen (secondary N) is 2. The second-order valence-electron chi connectivity index (χ2n) is 5.37. The molecule has 0 spiro atoms. The standard InChI is InChI=1S/C18H18ClN3O4/c1-11(9-17(24)20-14-5-3-4-6-16(14)26-2)21-22-18(25)13-10-12(19)7-8-15(13)23/h3-8,10,23H,9H2,1-2H3,(H,20,24)(H,22,25)/b21-11+. The zero-order chi connectivity index (χ0) is 19.1. The van der Waals surface area contributed by atoms with Gasteiger partial charge in [-0.3, -0.25) is 9.59 Å². The Kier molecular flexibility index (Phi) is 6.57. The number of anilines is 1. The normalized spacial score (nSPS) is 11.0. The topological polar surface area (TPSA) is 100 Å². The molecule has 0 fully saturated rings. The average molecular weight is 376 g/mol. The number of methoxy groups -OCH3 is 1. The predicted molar refractivity (Wildman–Crippen MR) is 99.9 cm³/mol. The van der Waals surface area contributed by atoms with Gasteiger partial charge in [-0.15, -0.1) is 0 Å². The third-order valence-electron chi connectivity index (χ3n) is 3.35. The molecule has 136 valence electrons. The minimum Gasteiger partial charge on any atom is -0.507 e. The lowest BCUT2D eigenvalue weighted by molar-refractivity contribution is -0.115. The summed E-state index contributed by atoms with van der Waals surface area (Å²) in [6.07, 6.45) is -0.0279. The fourth-order valence-corrected chi connectivity index (χ4v) is 2.28. The first-order valence-corrected chi connectivity index (χ1v) is 8.03. The fourth-order valence-electron chi connectivity index (χ4n) is 2.11. The Labute approximate surface area is 155 Å². The number of benzene rings is 2. The Morgan fingerprint density at radius 2 is 1.96 bits per heavy atom. The first-order valence-electron chi connectivity index (χ1n) is 7.65. The van der Waals surface area contributed by atoms with Crippen molar-refractivity contribution in [2.45, 2.75) is 13.3 Å². The number of aromatic hydroxyl groups is 1. The Hall–Kier alpha value is -3.06. The van der Waals surface area contributed by atoms with Crippen LogP contribution in [0.2, 0.25) is 5.02 Å². The lowest BCUT2D eigenvalue weighted by Gasteiger charge is -2.09. The van der Waals surface area contributed by atoms with E-state index in [-0.39, 0.29) is 23.6 Å². The van der Waals surface area contributed by atoms with Crippen LogP contribution in [0.25, 0.3) is 0 Å². The van der Waals surface area contributed by atoms with Gasteiger partial charge < -0.3 is 15.2 Å². The summed E-state index contributed by atoms with van der Waals surface area (Å²) in [5.41, 5.74) is 3.20. The van der Waals surface area contributed by atoms with E-state index in [2.05, 4.69) is 15.8 Å². The van der Waals surface area contributed by atoms with Crippen LogP contribution in [0, 0.1) is 0 Å². The smallest absolute Gasteiger partial charge is 0.275 e. The zero-order valence-electron chi connectivity index (χ0n) is 14.2. The van der Waals surface area contributed by atoms with E-state index < -0.39 is 5.91 Å². The first kappa shape index (κ1) is 19.3. The molecular formula is C18H18ClN3O4. The fraction of sp³-hybridized carbons (Fsp3) is 0.167. The average Bonchev–Trinajstić information content (AvgIpc) is 2.62. The maximum Gasteiger partial charge on any atom is 0.275 e. The predicted octanol–water partition coefficient (Wildman–Crippen LogP) is 3.19. The highest BCUT2D eigenvalue weighted by Crippen LogP contribution is 2.23. The molecule has 0 atom stereocenters. The molecule has 26 heavy (non-hydrogen) atoms. The summed E-state index contributed by atoms with van der Waals surface area (Å²) in [6.45, 7) is 1.60. The lowest BCUT2D eigenvalue weighted by Crippen LogP contribution is -2.21. The van der Waals surface area contributed by atoms with Crippen molar-refractivity contribution in [2.24, 2.45) is 5.10 Å². The van der Waals surface area contributed by atoms with Crippen LogP contribution in [0.15, 0.2) is 47.6 Å². The summed E-state index contributed by atoms with van der Waals surface area (Å²) in [7, 11) is 1.51. The SMILES string of the molecule is COc1ccccc1NC(=O)C/C(C)=N/NC(=O)c1cc(Cl)ccc1O. The number of hydrogen-bond donors (Lipinski definition) is 3. The van der Waals surface area contributed by atoms with Crippen molar-refractivity contribution in [3.05, 3.63) is 53.1 Å². The van der Waals surface area contributed by atoms with Gasteiger partial charge in [0.05, 0.1) is 24.8 Å². The van der Waals surface area contributed by atoms with Crippen LogP contribution < -0.4 is 15.5 Å². The molecular weight excluding hydrogens is 358 g/mol. The first-order chi connectivity index (χ1) is 12.4. The van der Waals surface area contributed by atoms with Crippen LogP contribution in [0.3, 0.4) is 0 Å². The van der Waals surface area contributed by atoms with Crippen LogP contribution >= 0.6 is 11.6 Å². The molecule has 0 aliphatic carbocycles. The molecule has 0 aliphatic rings. The van der Waals surface area contributed by atoms with Gasteiger partial charge in [-0.05, 0) is 37.3 Å². The molecule has 0 heterocycles. The van der Waals surface area contributed by atoms with Gasteiger partial charge in [0.15, 0.2) is 0 Å². The quantitative estimate of drug-likeness (QED) is 0.533. The molecule has 2 amide bonds. The Morgan fingerprint density at radius 1 is 1.23 bits per heavy atom. The third kappa shape index (κ3) is 5.22. The number of amides is 2. The molecule has 2 aromatic rings. The number of hydrazone groups is 1. The lowest BCUT2D eigenvalue weighted by atomic mass is 10.2. The van der Waals surface area contributed by atoms with Gasteiger partial charge in [0.25, 0.3) is 5.91 Å². The van der Waals surface area contributed by atoms with Crippen molar-refractivity contribution >= 4 is 34.8 Å². The summed E-state index contributed by atoms with van der Waals surface area (Å²) in [6, 6.07) is 11.1. The summed E-state index contributed by atoms with van der Waals surface area (Å²) < 4.78 is 5.16. The maximum absolute atomic E-state index is 12.1. The minimum atomic E-state index is -0.630. The van der Waals surface area contributed by atoms with Gasteiger partial charge in [-0.2, -0.15) is 5.10 Å². The van der Waals surface area contributed by atoms with Crippen molar-refractivity contribution < 1.29 is 19.4 Å². The van der Waals surface area contributed by atoms with E-state index in [1.165, 1.54) is 25.3 Å². The molecule has 2 rings (SSSR count). The number of nitrogens with zero attached hydrogens (tertiary/aromatic N) is 1. The van der Waals surface area contributed by atoms with Gasteiger partial charge >= 0.3 is 0 Å². The zero-order valence-corrected chi connectivity index (χ0v) is 15.0. The summed E-state index contributed by atoms with van der Waals surface area (Å²) in [5.74, 6) is -0.612. The van der Waals surface area contributed by atoms with Crippen LogP contribution in [0.1, 0.15) is 23.7 Å². The molecule has 0 unspecified atom stereocenters. The number of carbonyl (C=O) groups is 2. The molecule has 3 N–H and O–H groups in total. The molecule has 0 saturated carbocycles. The van der Waals surface area contributed by atoms with E-state index in [4.69, 9.17) is 16.3 Å². The van der Waals surface area contributed by atoms with Crippen LogP contribution in [-0.4, -0.2) is 29.7 Å². The number of phenols is 1. The highest BCUT2D eigenvalue weighted by atomic mass is 35.5. The number of rotatable bonds is 6. The number of halogens is 1. The number of carbonyl (C=O) groups excluding carboxylic acids is 2. The van der Waals surface area contributed by atoms with Crippen molar-refractivity contribution in [2.75, 3.05) is 12.4 Å². The van der Waals surface area contributed by atoms with Crippen LogP contribution in [-0.2, 0) is 4.79 Å². The van der Waals surface area contributed by atoms with Gasteiger partial charge in [-0.1, -0.05) is 23.7 Å². The van der Waals surface area contributed by atoms with Crippen LogP contribution in [0.5, 0.6) is 11.5 Å². The molecule has 0 saturated heterocycles. The number of hydrogen-bond acceptors (Lipinski definition) is 5. The second kappa shape index (κ2) is 8.87. The molecule has 2 aromatic carbocycles. The Bertz CT molecular complexity index is 852. The Morgan fingerprint density at radius 3 is 2.69 bits per heavy atom. The van der Waals surface area contributed by atoms with E-state index in [0.717, 1.165) is 0 Å². The van der Waals surface area contributed by atoms with Gasteiger partial charge in [0, 0.05) is 10.7 Å². The van der Waals surface area contributed by atoms with Gasteiger partial charge in [-0.25, -0.2) is 5.43 Å².